The molecule has 0 fully saturated rings. The molecule has 0 atom stereocenters. The molecule has 2 aromatic carbocycles. The van der Waals surface area contributed by atoms with Crippen molar-refractivity contribution in [1.29, 1.82) is 0 Å². The van der Waals surface area contributed by atoms with Crippen LogP contribution in [-0.4, -0.2) is 0 Å². The first-order chi connectivity index (χ1) is 8.15. The van der Waals surface area contributed by atoms with Crippen molar-refractivity contribution in [3.05, 3.63) is 59.4 Å². The average molecular weight is 226 g/mol. The van der Waals surface area contributed by atoms with Crippen LogP contribution in [0.5, 0.6) is 0 Å². The van der Waals surface area contributed by atoms with Crippen molar-refractivity contribution >= 4 is 11.4 Å². The molecule has 2 aromatic rings. The van der Waals surface area contributed by atoms with E-state index in [-0.39, 0.29) is 5.69 Å². The van der Waals surface area contributed by atoms with E-state index in [0.29, 0.717) is 11.3 Å². The van der Waals surface area contributed by atoms with Gasteiger partial charge in [0.2, 0.25) is 0 Å². The first-order valence-corrected chi connectivity index (χ1v) is 5.08. The zero-order chi connectivity index (χ0) is 12.3. The van der Waals surface area contributed by atoms with Crippen molar-refractivity contribution in [1.82, 2.24) is 0 Å². The summed E-state index contributed by atoms with van der Waals surface area (Å²) < 4.78 is 13.1. The van der Waals surface area contributed by atoms with E-state index in [1.54, 1.807) is 18.2 Å². The second kappa shape index (κ2) is 4.58. The Kier molecular flexibility index (Phi) is 2.97. The molecule has 84 valence electrons. The molecule has 4 N–H and O–H groups in total. The maximum absolute atomic E-state index is 13.1. The normalized spacial score (nSPS) is 9.47. The highest BCUT2D eigenvalue weighted by molar-refractivity contribution is 5.50. The molecule has 0 radical (unpaired) electrons. The minimum absolute atomic E-state index is 0.128. The van der Waals surface area contributed by atoms with Crippen LogP contribution in [-0.2, 0) is 0 Å². The second-order valence-electron chi connectivity index (χ2n) is 3.61. The lowest BCUT2D eigenvalue weighted by molar-refractivity contribution is 0.632. The van der Waals surface area contributed by atoms with Gasteiger partial charge in [0, 0.05) is 16.8 Å². The molecule has 3 heteroatoms. The predicted octanol–water partition coefficient (Wildman–Crippen LogP) is 2.39. The highest BCUT2D eigenvalue weighted by atomic mass is 19.1. The van der Waals surface area contributed by atoms with Crippen LogP contribution in [0.2, 0.25) is 0 Å². The molecule has 0 aliphatic heterocycles. The van der Waals surface area contributed by atoms with Crippen molar-refractivity contribution in [3.63, 3.8) is 0 Å². The smallest absolute Gasteiger partial charge is 0.147 e. The molecular weight excluding hydrogens is 215 g/mol. The number of anilines is 2. The molecule has 0 heterocycles. The average Bonchev–Trinajstić information content (AvgIpc) is 2.33. The highest BCUT2D eigenvalue weighted by Crippen LogP contribution is 2.11. The molecule has 0 amide bonds. The fourth-order valence-electron chi connectivity index (χ4n) is 1.32. The van der Waals surface area contributed by atoms with Crippen LogP contribution < -0.4 is 11.5 Å². The molecule has 0 aromatic heterocycles. The molecule has 17 heavy (non-hydrogen) atoms. The topological polar surface area (TPSA) is 52.0 Å². The Morgan fingerprint density at radius 3 is 2.06 bits per heavy atom. The molecule has 0 aliphatic rings. The summed E-state index contributed by atoms with van der Waals surface area (Å²) in [6.07, 6.45) is 0. The molecule has 2 rings (SSSR count). The number of hydrogen-bond acceptors (Lipinski definition) is 2. The van der Waals surface area contributed by atoms with Crippen LogP contribution >= 0.6 is 0 Å². The number of nitrogen functional groups attached to an aromatic ring is 2. The molecule has 0 aliphatic carbocycles. The molecular formula is C14H11FN2. The van der Waals surface area contributed by atoms with Crippen molar-refractivity contribution in [2.75, 3.05) is 11.5 Å². The van der Waals surface area contributed by atoms with Gasteiger partial charge in [0.1, 0.15) is 5.82 Å². The monoisotopic (exact) mass is 226 g/mol. The highest BCUT2D eigenvalue weighted by Gasteiger charge is 1.97. The third-order valence-electron chi connectivity index (χ3n) is 2.26. The maximum Gasteiger partial charge on any atom is 0.147 e. The van der Waals surface area contributed by atoms with Gasteiger partial charge >= 0.3 is 0 Å². The van der Waals surface area contributed by atoms with Gasteiger partial charge in [-0.2, -0.15) is 0 Å². The van der Waals surface area contributed by atoms with Crippen LogP contribution in [0.3, 0.4) is 0 Å². The minimum atomic E-state index is -0.450. The number of hydrogen-bond donors (Lipinski definition) is 2. The van der Waals surface area contributed by atoms with Gasteiger partial charge in [0.15, 0.2) is 0 Å². The summed E-state index contributed by atoms with van der Waals surface area (Å²) >= 11 is 0. The van der Waals surface area contributed by atoms with Crippen molar-refractivity contribution in [2.45, 2.75) is 0 Å². The van der Waals surface area contributed by atoms with E-state index in [1.807, 2.05) is 12.1 Å². The Morgan fingerprint density at radius 2 is 1.41 bits per heavy atom. The summed E-state index contributed by atoms with van der Waals surface area (Å²) in [5, 5.41) is 0. The van der Waals surface area contributed by atoms with Gasteiger partial charge in [-0.3, -0.25) is 0 Å². The standard InChI is InChI=1S/C14H11FN2/c15-13-9-11(5-8-14(13)17)2-1-10-3-6-12(16)7-4-10/h3-9H,16-17H2. The number of rotatable bonds is 0. The fraction of sp³-hybridized carbons (Fsp3) is 0. The van der Waals surface area contributed by atoms with E-state index in [0.717, 1.165) is 5.56 Å². The first-order valence-electron chi connectivity index (χ1n) is 5.08. The molecule has 0 saturated carbocycles. The van der Waals surface area contributed by atoms with Gasteiger partial charge in [0.05, 0.1) is 5.69 Å². The predicted molar refractivity (Wildman–Crippen MR) is 67.6 cm³/mol. The first kappa shape index (κ1) is 11.0. The van der Waals surface area contributed by atoms with Gasteiger partial charge < -0.3 is 11.5 Å². The van der Waals surface area contributed by atoms with Gasteiger partial charge in [-0.15, -0.1) is 0 Å². The van der Waals surface area contributed by atoms with E-state index in [1.165, 1.54) is 12.1 Å². The van der Waals surface area contributed by atoms with Gasteiger partial charge in [0.25, 0.3) is 0 Å². The van der Waals surface area contributed by atoms with Crippen LogP contribution in [0.4, 0.5) is 15.8 Å². The van der Waals surface area contributed by atoms with Crippen molar-refractivity contribution in [2.24, 2.45) is 0 Å². The van der Waals surface area contributed by atoms with E-state index in [4.69, 9.17) is 11.5 Å². The van der Waals surface area contributed by atoms with Gasteiger partial charge in [-0.05, 0) is 42.5 Å². The van der Waals surface area contributed by atoms with E-state index < -0.39 is 5.82 Å². The van der Waals surface area contributed by atoms with Crippen molar-refractivity contribution in [3.8, 4) is 11.8 Å². The fourth-order valence-corrected chi connectivity index (χ4v) is 1.32. The lowest BCUT2D eigenvalue weighted by Gasteiger charge is -1.96. The van der Waals surface area contributed by atoms with Crippen LogP contribution in [0.1, 0.15) is 11.1 Å². The Morgan fingerprint density at radius 1 is 0.824 bits per heavy atom. The molecule has 2 nitrogen and oxygen atoms in total. The third-order valence-corrected chi connectivity index (χ3v) is 2.26. The quantitative estimate of drug-likeness (QED) is 0.535. The minimum Gasteiger partial charge on any atom is -0.399 e. The zero-order valence-electron chi connectivity index (χ0n) is 9.07. The second-order valence-corrected chi connectivity index (χ2v) is 3.61. The van der Waals surface area contributed by atoms with Gasteiger partial charge in [-0.1, -0.05) is 11.8 Å². The van der Waals surface area contributed by atoms with E-state index >= 15 is 0 Å². The number of benzene rings is 2. The van der Waals surface area contributed by atoms with Crippen LogP contribution in [0.25, 0.3) is 0 Å². The summed E-state index contributed by atoms with van der Waals surface area (Å²) in [5.74, 6) is 5.33. The Bertz CT molecular complexity index is 592. The summed E-state index contributed by atoms with van der Waals surface area (Å²) in [6, 6.07) is 11.7. The van der Waals surface area contributed by atoms with Crippen LogP contribution in [0.15, 0.2) is 42.5 Å². The number of nitrogens with two attached hydrogens (primary N) is 2. The lowest BCUT2D eigenvalue weighted by atomic mass is 10.1. The summed E-state index contributed by atoms with van der Waals surface area (Å²) in [4.78, 5) is 0. The zero-order valence-corrected chi connectivity index (χ0v) is 9.07. The van der Waals surface area contributed by atoms with Crippen molar-refractivity contribution < 1.29 is 4.39 Å². The molecule has 0 spiro atoms. The largest absolute Gasteiger partial charge is 0.399 e. The Labute approximate surface area is 99.1 Å². The number of halogens is 1. The Balaban J connectivity index is 2.26. The molecule has 0 saturated heterocycles. The van der Waals surface area contributed by atoms with E-state index in [2.05, 4.69) is 11.8 Å². The lowest BCUT2D eigenvalue weighted by Crippen LogP contribution is -1.90. The molecule has 0 bridgehead atoms. The third kappa shape index (κ3) is 2.76. The summed E-state index contributed by atoms with van der Waals surface area (Å²) in [6.45, 7) is 0. The van der Waals surface area contributed by atoms with Crippen LogP contribution in [0, 0.1) is 17.7 Å². The van der Waals surface area contributed by atoms with E-state index in [9.17, 15) is 4.39 Å². The van der Waals surface area contributed by atoms with Gasteiger partial charge in [-0.25, -0.2) is 4.39 Å². The molecule has 0 unspecified atom stereocenters. The Hall–Kier alpha value is -2.47. The SMILES string of the molecule is Nc1ccc(C#Cc2ccc(N)c(F)c2)cc1. The summed E-state index contributed by atoms with van der Waals surface area (Å²) in [5.41, 5.74) is 13.2. The summed E-state index contributed by atoms with van der Waals surface area (Å²) in [7, 11) is 0. The maximum atomic E-state index is 13.1.